The smallest absolute Gasteiger partial charge is 0.150 e. The summed E-state index contributed by atoms with van der Waals surface area (Å²) in [5.74, 6) is 0. The zero-order chi connectivity index (χ0) is 9.90. The first-order valence-corrected chi connectivity index (χ1v) is 8.94. The Bertz CT molecular complexity index is 258. The van der Waals surface area contributed by atoms with Crippen LogP contribution in [0.1, 0.15) is 11.1 Å². The largest absolute Gasteiger partial charge is 0.168 e. The van der Waals surface area contributed by atoms with E-state index in [0.29, 0.717) is 0 Å². The number of hydrogen-bond donors (Lipinski definition) is 0. The van der Waals surface area contributed by atoms with Crippen molar-refractivity contribution >= 4 is 18.5 Å². The maximum atomic E-state index is 6.25. The van der Waals surface area contributed by atoms with Gasteiger partial charge in [0.1, 0.15) is 0 Å². The molecule has 0 aromatic heterocycles. The maximum Gasteiger partial charge on any atom is 0.150 e. The van der Waals surface area contributed by atoms with E-state index < -0.39 is 7.38 Å². The predicted octanol–water partition coefficient (Wildman–Crippen LogP) is 3.98. The lowest BCUT2D eigenvalue weighted by atomic mass is 10.1. The lowest BCUT2D eigenvalue weighted by Crippen LogP contribution is -2.16. The van der Waals surface area contributed by atoms with E-state index in [4.69, 9.17) is 11.1 Å². The standard InChI is InChI=1S/C11H17ClSi/c1-10-4-6-11(7-5-10)8-9-13(2,3)12/h4-7H,8-9H2,1-3H3. The zero-order valence-electron chi connectivity index (χ0n) is 8.60. The van der Waals surface area contributed by atoms with E-state index in [2.05, 4.69) is 44.3 Å². The summed E-state index contributed by atoms with van der Waals surface area (Å²) in [6.07, 6.45) is 1.13. The highest BCUT2D eigenvalue weighted by Crippen LogP contribution is 2.17. The van der Waals surface area contributed by atoms with Gasteiger partial charge in [-0.2, -0.15) is 11.1 Å². The van der Waals surface area contributed by atoms with Crippen molar-refractivity contribution in [1.82, 2.24) is 0 Å². The van der Waals surface area contributed by atoms with Gasteiger partial charge in [0, 0.05) is 0 Å². The van der Waals surface area contributed by atoms with Gasteiger partial charge < -0.3 is 0 Å². The molecule has 72 valence electrons. The van der Waals surface area contributed by atoms with Gasteiger partial charge in [-0.3, -0.25) is 0 Å². The van der Waals surface area contributed by atoms with Crippen molar-refractivity contribution in [3.8, 4) is 0 Å². The molecule has 1 aromatic carbocycles. The molecule has 0 saturated carbocycles. The van der Waals surface area contributed by atoms with E-state index >= 15 is 0 Å². The van der Waals surface area contributed by atoms with E-state index in [-0.39, 0.29) is 0 Å². The fourth-order valence-electron chi connectivity index (χ4n) is 1.20. The Morgan fingerprint density at radius 3 is 2.15 bits per heavy atom. The average Bonchev–Trinajstić information content (AvgIpc) is 2.02. The fourth-order valence-corrected chi connectivity index (χ4v) is 2.36. The second-order valence-corrected chi connectivity index (χ2v) is 11.2. The van der Waals surface area contributed by atoms with Gasteiger partial charge in [0.05, 0.1) is 0 Å². The highest BCUT2D eigenvalue weighted by atomic mass is 35.6. The Morgan fingerprint density at radius 2 is 1.69 bits per heavy atom. The molecule has 1 rings (SSSR count). The van der Waals surface area contributed by atoms with Crippen LogP contribution in [0.3, 0.4) is 0 Å². The molecule has 0 heterocycles. The Morgan fingerprint density at radius 1 is 1.15 bits per heavy atom. The van der Waals surface area contributed by atoms with Crippen LogP contribution in [0.4, 0.5) is 0 Å². The zero-order valence-corrected chi connectivity index (χ0v) is 10.4. The maximum absolute atomic E-state index is 6.25. The van der Waals surface area contributed by atoms with Crippen LogP contribution < -0.4 is 0 Å². The summed E-state index contributed by atoms with van der Waals surface area (Å²) in [6, 6.07) is 9.90. The van der Waals surface area contributed by atoms with E-state index in [1.165, 1.54) is 11.1 Å². The van der Waals surface area contributed by atoms with Crippen LogP contribution in [-0.2, 0) is 6.42 Å². The minimum atomic E-state index is -1.38. The first-order chi connectivity index (χ1) is 5.97. The topological polar surface area (TPSA) is 0 Å². The Kier molecular flexibility index (Phi) is 3.57. The van der Waals surface area contributed by atoms with Crippen molar-refractivity contribution in [1.29, 1.82) is 0 Å². The molecule has 13 heavy (non-hydrogen) atoms. The minimum Gasteiger partial charge on any atom is -0.168 e. The first-order valence-electron chi connectivity index (χ1n) is 4.72. The molecule has 0 atom stereocenters. The molecular formula is C11H17ClSi. The third-order valence-electron chi connectivity index (χ3n) is 2.13. The fraction of sp³-hybridized carbons (Fsp3) is 0.455. The van der Waals surface area contributed by atoms with Crippen molar-refractivity contribution in [3.05, 3.63) is 35.4 Å². The van der Waals surface area contributed by atoms with E-state index in [9.17, 15) is 0 Å². The molecule has 0 amide bonds. The van der Waals surface area contributed by atoms with Crippen molar-refractivity contribution < 1.29 is 0 Å². The van der Waals surface area contributed by atoms with Gasteiger partial charge in [-0.1, -0.05) is 42.9 Å². The number of hydrogen-bond acceptors (Lipinski definition) is 0. The summed E-state index contributed by atoms with van der Waals surface area (Å²) in [5, 5.41) is 0. The molecule has 2 heteroatoms. The second-order valence-electron chi connectivity index (χ2n) is 4.20. The number of aryl methyl sites for hydroxylation is 2. The SMILES string of the molecule is Cc1ccc(CC[Si](C)(C)Cl)cc1. The minimum absolute atomic E-state index is 1.13. The summed E-state index contributed by atoms with van der Waals surface area (Å²) in [7, 11) is -1.38. The van der Waals surface area contributed by atoms with Gasteiger partial charge in [0.25, 0.3) is 0 Å². The van der Waals surface area contributed by atoms with Crippen LogP contribution in [0.2, 0.25) is 19.1 Å². The van der Waals surface area contributed by atoms with Crippen LogP contribution in [-0.4, -0.2) is 7.38 Å². The van der Waals surface area contributed by atoms with Crippen LogP contribution in [0, 0.1) is 6.92 Å². The highest BCUT2D eigenvalue weighted by molar-refractivity contribution is 7.19. The Balaban J connectivity index is 2.51. The molecular weight excluding hydrogens is 196 g/mol. The van der Waals surface area contributed by atoms with Crippen LogP contribution in [0.15, 0.2) is 24.3 Å². The molecule has 0 aliphatic heterocycles. The van der Waals surface area contributed by atoms with Gasteiger partial charge in [-0.05, 0) is 25.0 Å². The van der Waals surface area contributed by atoms with Crippen molar-refractivity contribution in [3.63, 3.8) is 0 Å². The molecule has 0 aliphatic rings. The predicted molar refractivity (Wildman–Crippen MR) is 63.0 cm³/mol. The summed E-state index contributed by atoms with van der Waals surface area (Å²) in [6.45, 7) is 6.51. The van der Waals surface area contributed by atoms with Gasteiger partial charge in [-0.15, -0.1) is 0 Å². The van der Waals surface area contributed by atoms with Gasteiger partial charge in [0.15, 0.2) is 7.38 Å². The summed E-state index contributed by atoms with van der Waals surface area (Å²) < 4.78 is 0. The highest BCUT2D eigenvalue weighted by Gasteiger charge is 2.15. The summed E-state index contributed by atoms with van der Waals surface area (Å²) >= 11 is 6.25. The van der Waals surface area contributed by atoms with E-state index in [1.807, 2.05) is 0 Å². The Labute approximate surface area is 86.6 Å². The quantitative estimate of drug-likeness (QED) is 0.525. The monoisotopic (exact) mass is 212 g/mol. The molecule has 0 unspecified atom stereocenters. The molecule has 0 spiro atoms. The van der Waals surface area contributed by atoms with E-state index in [1.54, 1.807) is 0 Å². The second kappa shape index (κ2) is 4.29. The molecule has 0 bridgehead atoms. The Hall–Kier alpha value is -0.273. The van der Waals surface area contributed by atoms with Crippen molar-refractivity contribution in [2.75, 3.05) is 0 Å². The van der Waals surface area contributed by atoms with E-state index in [0.717, 1.165) is 12.5 Å². The molecule has 0 N–H and O–H groups in total. The number of benzene rings is 1. The lowest BCUT2D eigenvalue weighted by molar-refractivity contribution is 1.10. The van der Waals surface area contributed by atoms with Crippen LogP contribution in [0.25, 0.3) is 0 Å². The molecule has 0 aliphatic carbocycles. The normalized spacial score (nSPS) is 11.7. The molecule has 1 aromatic rings. The van der Waals surface area contributed by atoms with Gasteiger partial charge in [0.2, 0.25) is 0 Å². The molecule has 0 fully saturated rings. The summed E-state index contributed by atoms with van der Waals surface area (Å²) in [5.41, 5.74) is 2.73. The third-order valence-corrected chi connectivity index (χ3v) is 4.13. The first kappa shape index (κ1) is 10.8. The van der Waals surface area contributed by atoms with Crippen LogP contribution >= 0.6 is 11.1 Å². The van der Waals surface area contributed by atoms with Gasteiger partial charge in [-0.25, -0.2) is 0 Å². The van der Waals surface area contributed by atoms with Crippen LogP contribution in [0.5, 0.6) is 0 Å². The molecule has 0 saturated heterocycles. The van der Waals surface area contributed by atoms with Gasteiger partial charge >= 0.3 is 0 Å². The van der Waals surface area contributed by atoms with Crippen molar-refractivity contribution in [2.24, 2.45) is 0 Å². The number of halogens is 1. The summed E-state index contributed by atoms with van der Waals surface area (Å²) in [4.78, 5) is 0. The average molecular weight is 213 g/mol. The molecule has 0 radical (unpaired) electrons. The number of rotatable bonds is 3. The van der Waals surface area contributed by atoms with Crippen molar-refractivity contribution in [2.45, 2.75) is 32.5 Å². The lowest BCUT2D eigenvalue weighted by Gasteiger charge is -2.12. The third kappa shape index (κ3) is 4.49. The molecule has 0 nitrogen and oxygen atoms in total.